The number of imidazole rings is 1. The Morgan fingerprint density at radius 3 is 3.00 bits per heavy atom. The Labute approximate surface area is 141 Å². The predicted octanol–water partition coefficient (Wildman–Crippen LogP) is 2.35. The van der Waals surface area contributed by atoms with E-state index in [9.17, 15) is 9.59 Å². The van der Waals surface area contributed by atoms with Gasteiger partial charge in [-0.25, -0.2) is 4.98 Å². The van der Waals surface area contributed by atoms with Crippen LogP contribution in [0, 0.1) is 0 Å². The van der Waals surface area contributed by atoms with Gasteiger partial charge in [-0.2, -0.15) is 0 Å². The standard InChI is InChI=1S/C18H22N4O2/c1-3-18(24)21(2)12-17(23)19-13-8-9-15-14(11-13)20-16-7-5-4-6-10-22(15)16/h3,8-9,11H,1,4-7,10,12H2,2H3,(H,19,23). The van der Waals surface area contributed by atoms with Gasteiger partial charge in [-0.05, 0) is 37.1 Å². The van der Waals surface area contributed by atoms with Gasteiger partial charge in [0.05, 0.1) is 17.6 Å². The van der Waals surface area contributed by atoms with Crippen LogP contribution in [-0.2, 0) is 22.6 Å². The van der Waals surface area contributed by atoms with Crippen molar-refractivity contribution in [2.24, 2.45) is 0 Å². The summed E-state index contributed by atoms with van der Waals surface area (Å²) in [5, 5.41) is 2.82. The number of benzene rings is 1. The number of carbonyl (C=O) groups is 2. The molecule has 3 rings (SSSR count). The molecule has 2 amide bonds. The number of nitrogens with one attached hydrogen (secondary N) is 1. The number of anilines is 1. The molecule has 1 aliphatic rings. The van der Waals surface area contributed by atoms with Crippen LogP contribution in [0.2, 0.25) is 0 Å². The minimum Gasteiger partial charge on any atom is -0.333 e. The largest absolute Gasteiger partial charge is 0.333 e. The van der Waals surface area contributed by atoms with E-state index in [1.54, 1.807) is 7.05 Å². The third-order valence-electron chi connectivity index (χ3n) is 4.32. The van der Waals surface area contributed by atoms with Crippen molar-refractivity contribution in [2.75, 3.05) is 18.9 Å². The van der Waals surface area contributed by atoms with Gasteiger partial charge in [0.1, 0.15) is 5.82 Å². The van der Waals surface area contributed by atoms with Crippen LogP contribution < -0.4 is 5.32 Å². The maximum absolute atomic E-state index is 12.1. The third kappa shape index (κ3) is 3.32. The smallest absolute Gasteiger partial charge is 0.246 e. The first-order chi connectivity index (χ1) is 11.6. The lowest BCUT2D eigenvalue weighted by molar-refractivity contribution is -0.129. The Balaban J connectivity index is 1.75. The molecular weight excluding hydrogens is 304 g/mol. The van der Waals surface area contributed by atoms with Crippen LogP contribution in [-0.4, -0.2) is 39.9 Å². The van der Waals surface area contributed by atoms with E-state index >= 15 is 0 Å². The summed E-state index contributed by atoms with van der Waals surface area (Å²) in [4.78, 5) is 29.5. The van der Waals surface area contributed by atoms with Crippen molar-refractivity contribution in [2.45, 2.75) is 32.2 Å². The first-order valence-electron chi connectivity index (χ1n) is 8.25. The number of aryl methyl sites for hydroxylation is 2. The lowest BCUT2D eigenvalue weighted by Gasteiger charge is -2.14. The number of fused-ring (bicyclic) bond motifs is 3. The van der Waals surface area contributed by atoms with Crippen molar-refractivity contribution in [3.8, 4) is 0 Å². The molecule has 0 aliphatic carbocycles. The second-order valence-electron chi connectivity index (χ2n) is 6.14. The van der Waals surface area contributed by atoms with Crippen LogP contribution in [0.1, 0.15) is 25.1 Å². The van der Waals surface area contributed by atoms with E-state index in [2.05, 4.69) is 16.5 Å². The van der Waals surface area contributed by atoms with Crippen molar-refractivity contribution in [1.82, 2.24) is 14.5 Å². The fraction of sp³-hybridized carbons (Fsp3) is 0.389. The number of likely N-dealkylation sites (N-methyl/N-ethyl adjacent to an activating group) is 1. The molecule has 1 aromatic carbocycles. The molecule has 2 aromatic rings. The van der Waals surface area contributed by atoms with E-state index in [1.807, 2.05) is 18.2 Å². The molecule has 1 aromatic heterocycles. The number of aromatic nitrogens is 2. The fourth-order valence-corrected chi connectivity index (χ4v) is 3.08. The Morgan fingerprint density at radius 2 is 2.21 bits per heavy atom. The van der Waals surface area contributed by atoms with Gasteiger partial charge in [0, 0.05) is 25.7 Å². The molecule has 0 bridgehead atoms. The van der Waals surface area contributed by atoms with Crippen molar-refractivity contribution in [3.63, 3.8) is 0 Å². The third-order valence-corrected chi connectivity index (χ3v) is 4.32. The minimum atomic E-state index is -0.279. The number of hydrogen-bond acceptors (Lipinski definition) is 3. The Bertz CT molecular complexity index is 794. The van der Waals surface area contributed by atoms with Crippen LogP contribution in [0.5, 0.6) is 0 Å². The van der Waals surface area contributed by atoms with Gasteiger partial charge in [-0.1, -0.05) is 13.0 Å². The zero-order chi connectivity index (χ0) is 17.1. The lowest BCUT2D eigenvalue weighted by atomic mass is 10.2. The van der Waals surface area contributed by atoms with Crippen molar-refractivity contribution < 1.29 is 9.59 Å². The normalized spacial score (nSPS) is 13.9. The number of hydrogen-bond donors (Lipinski definition) is 1. The predicted molar refractivity (Wildman–Crippen MR) is 93.8 cm³/mol. The van der Waals surface area contributed by atoms with Crippen LogP contribution in [0.3, 0.4) is 0 Å². The summed E-state index contributed by atoms with van der Waals surface area (Å²) in [6.45, 7) is 4.41. The first-order valence-corrected chi connectivity index (χ1v) is 8.25. The zero-order valence-electron chi connectivity index (χ0n) is 13.9. The molecule has 0 atom stereocenters. The molecule has 6 heteroatoms. The molecule has 0 spiro atoms. The maximum atomic E-state index is 12.1. The molecule has 0 saturated carbocycles. The van der Waals surface area contributed by atoms with Crippen LogP contribution >= 0.6 is 0 Å². The molecular formula is C18H22N4O2. The Kier molecular flexibility index (Phi) is 4.64. The molecule has 2 heterocycles. The van der Waals surface area contributed by atoms with Gasteiger partial charge < -0.3 is 14.8 Å². The number of carbonyl (C=O) groups excluding carboxylic acids is 2. The van der Waals surface area contributed by atoms with Gasteiger partial charge in [0.15, 0.2) is 0 Å². The van der Waals surface area contributed by atoms with E-state index in [4.69, 9.17) is 4.98 Å². The van der Waals surface area contributed by atoms with Gasteiger partial charge in [0.25, 0.3) is 0 Å². The molecule has 0 radical (unpaired) electrons. The summed E-state index contributed by atoms with van der Waals surface area (Å²) in [6.07, 6.45) is 5.80. The zero-order valence-corrected chi connectivity index (χ0v) is 13.9. The summed E-state index contributed by atoms with van der Waals surface area (Å²) >= 11 is 0. The molecule has 6 nitrogen and oxygen atoms in total. The number of amides is 2. The van der Waals surface area contributed by atoms with Gasteiger partial charge in [-0.15, -0.1) is 0 Å². The summed E-state index contributed by atoms with van der Waals surface area (Å²) in [6, 6.07) is 5.78. The molecule has 24 heavy (non-hydrogen) atoms. The maximum Gasteiger partial charge on any atom is 0.246 e. The van der Waals surface area contributed by atoms with Gasteiger partial charge in [-0.3, -0.25) is 9.59 Å². The highest BCUT2D eigenvalue weighted by molar-refractivity contribution is 5.97. The summed E-state index contributed by atoms with van der Waals surface area (Å²) in [5.74, 6) is 0.605. The molecule has 0 fully saturated rings. The monoisotopic (exact) mass is 326 g/mol. The Morgan fingerprint density at radius 1 is 1.38 bits per heavy atom. The molecule has 1 N–H and O–H groups in total. The second kappa shape index (κ2) is 6.86. The van der Waals surface area contributed by atoms with E-state index in [0.29, 0.717) is 5.69 Å². The second-order valence-corrected chi connectivity index (χ2v) is 6.14. The van der Waals surface area contributed by atoms with Crippen molar-refractivity contribution in [3.05, 3.63) is 36.7 Å². The van der Waals surface area contributed by atoms with E-state index in [-0.39, 0.29) is 18.4 Å². The van der Waals surface area contributed by atoms with E-state index < -0.39 is 0 Å². The van der Waals surface area contributed by atoms with Crippen molar-refractivity contribution >= 4 is 28.5 Å². The quantitative estimate of drug-likeness (QED) is 0.877. The molecule has 1 aliphatic heterocycles. The molecule has 0 saturated heterocycles. The van der Waals surface area contributed by atoms with Crippen LogP contribution in [0.15, 0.2) is 30.9 Å². The first kappa shape index (κ1) is 16.2. The molecule has 0 unspecified atom stereocenters. The van der Waals surface area contributed by atoms with E-state index in [1.165, 1.54) is 30.2 Å². The molecule has 126 valence electrons. The van der Waals surface area contributed by atoms with Gasteiger partial charge >= 0.3 is 0 Å². The average molecular weight is 326 g/mol. The van der Waals surface area contributed by atoms with Crippen LogP contribution in [0.25, 0.3) is 11.0 Å². The van der Waals surface area contributed by atoms with Crippen molar-refractivity contribution in [1.29, 1.82) is 0 Å². The van der Waals surface area contributed by atoms with Crippen LogP contribution in [0.4, 0.5) is 5.69 Å². The van der Waals surface area contributed by atoms with Gasteiger partial charge in [0.2, 0.25) is 11.8 Å². The minimum absolute atomic E-state index is 0.0113. The van der Waals surface area contributed by atoms with E-state index in [0.717, 1.165) is 29.8 Å². The Hall–Kier alpha value is -2.63. The average Bonchev–Trinajstić information content (AvgIpc) is 2.74. The fourth-order valence-electron chi connectivity index (χ4n) is 3.08. The lowest BCUT2D eigenvalue weighted by Crippen LogP contribution is -2.33. The number of nitrogens with zero attached hydrogens (tertiary/aromatic N) is 3. The SMILES string of the molecule is C=CC(=O)N(C)CC(=O)Nc1ccc2c(c1)nc1n2CCCCC1. The summed E-state index contributed by atoms with van der Waals surface area (Å²) in [7, 11) is 1.57. The topological polar surface area (TPSA) is 67.2 Å². The highest BCUT2D eigenvalue weighted by Gasteiger charge is 2.15. The summed E-state index contributed by atoms with van der Waals surface area (Å²) in [5.41, 5.74) is 2.71. The highest BCUT2D eigenvalue weighted by atomic mass is 16.2. The number of rotatable bonds is 4. The highest BCUT2D eigenvalue weighted by Crippen LogP contribution is 2.24. The summed E-state index contributed by atoms with van der Waals surface area (Å²) < 4.78 is 2.28.